The van der Waals surface area contributed by atoms with Gasteiger partial charge >= 0.3 is 0 Å². The smallest absolute Gasteiger partial charge is 0.224 e. The second-order valence-electron chi connectivity index (χ2n) is 6.62. The van der Waals surface area contributed by atoms with E-state index in [-0.39, 0.29) is 35.7 Å². The Bertz CT molecular complexity index is 839. The van der Waals surface area contributed by atoms with E-state index in [9.17, 15) is 9.18 Å². The molecular weight excluding hydrogens is 490 g/mol. The van der Waals surface area contributed by atoms with Gasteiger partial charge in [0.25, 0.3) is 0 Å². The summed E-state index contributed by atoms with van der Waals surface area (Å²) in [5.74, 6) is 0.538. The zero-order valence-corrected chi connectivity index (χ0v) is 19.3. The van der Waals surface area contributed by atoms with E-state index in [0.717, 1.165) is 18.5 Å². The minimum atomic E-state index is -0.210. The van der Waals surface area contributed by atoms with Crippen LogP contribution in [0.1, 0.15) is 28.0 Å². The Labute approximate surface area is 186 Å². The molecule has 2 heterocycles. The number of rotatable bonds is 5. The minimum Gasteiger partial charge on any atom is -0.356 e. The third kappa shape index (κ3) is 5.91. The maximum Gasteiger partial charge on any atom is 0.224 e. The van der Waals surface area contributed by atoms with Crippen LogP contribution in [0.2, 0.25) is 0 Å². The molecular formula is C20H26FIN4OS. The number of thiophene rings is 1. The monoisotopic (exact) mass is 516 g/mol. The number of benzene rings is 1. The Balaban J connectivity index is 0.00000280. The van der Waals surface area contributed by atoms with Crippen LogP contribution < -0.4 is 10.6 Å². The second-order valence-corrected chi connectivity index (χ2v) is 7.62. The van der Waals surface area contributed by atoms with Gasteiger partial charge in [-0.3, -0.25) is 9.79 Å². The first-order valence-corrected chi connectivity index (χ1v) is 9.97. The van der Waals surface area contributed by atoms with Gasteiger partial charge in [0.15, 0.2) is 5.96 Å². The van der Waals surface area contributed by atoms with E-state index in [4.69, 9.17) is 0 Å². The summed E-state index contributed by atoms with van der Waals surface area (Å²) in [7, 11) is 1.68. The maximum absolute atomic E-state index is 13.6. The summed E-state index contributed by atoms with van der Waals surface area (Å²) in [6.07, 6.45) is 1.36. The second kappa shape index (κ2) is 10.8. The summed E-state index contributed by atoms with van der Waals surface area (Å²) in [5.41, 5.74) is 2.75. The summed E-state index contributed by atoms with van der Waals surface area (Å²) in [6.45, 7) is 4.22. The van der Waals surface area contributed by atoms with Crippen molar-refractivity contribution in [3.63, 3.8) is 0 Å². The summed E-state index contributed by atoms with van der Waals surface area (Å²) in [6, 6.07) is 7.28. The van der Waals surface area contributed by atoms with Crippen LogP contribution in [0.5, 0.6) is 0 Å². The van der Waals surface area contributed by atoms with E-state index < -0.39 is 0 Å². The zero-order valence-electron chi connectivity index (χ0n) is 16.1. The van der Waals surface area contributed by atoms with Crippen LogP contribution in [0.25, 0.3) is 0 Å². The number of carbonyl (C=O) groups excluding carboxylic acids is 1. The predicted octanol–water partition coefficient (Wildman–Crippen LogP) is 3.45. The van der Waals surface area contributed by atoms with Crippen molar-refractivity contribution < 1.29 is 9.18 Å². The molecule has 0 saturated heterocycles. The molecule has 1 aromatic carbocycles. The first-order valence-electron chi connectivity index (χ1n) is 9.09. The number of halogens is 2. The molecule has 2 N–H and O–H groups in total. The van der Waals surface area contributed by atoms with E-state index in [1.807, 2.05) is 11.0 Å². The molecule has 28 heavy (non-hydrogen) atoms. The molecule has 3 rings (SSSR count). The van der Waals surface area contributed by atoms with E-state index in [2.05, 4.69) is 27.1 Å². The normalized spacial score (nSPS) is 13.5. The lowest BCUT2D eigenvalue weighted by molar-refractivity contribution is -0.131. The topological polar surface area (TPSA) is 56.7 Å². The van der Waals surface area contributed by atoms with Crippen LogP contribution in [0, 0.1) is 12.7 Å². The molecule has 5 nitrogen and oxygen atoms in total. The van der Waals surface area contributed by atoms with Gasteiger partial charge in [0.05, 0.1) is 0 Å². The third-order valence-electron chi connectivity index (χ3n) is 4.71. The molecule has 8 heteroatoms. The van der Waals surface area contributed by atoms with Crippen LogP contribution in [0.3, 0.4) is 0 Å². The first-order chi connectivity index (χ1) is 13.1. The SMILES string of the molecule is CN=C(NCCC(=O)N1CCc2sccc2C1)NCc1ccc(C)c(F)c1.I. The van der Waals surface area contributed by atoms with Crippen molar-refractivity contribution in [1.82, 2.24) is 15.5 Å². The number of guanidine groups is 1. The average Bonchev–Trinajstić information content (AvgIpc) is 3.14. The third-order valence-corrected chi connectivity index (χ3v) is 5.73. The van der Waals surface area contributed by atoms with Gasteiger partial charge in [-0.25, -0.2) is 4.39 Å². The standard InChI is InChI=1S/C20H25FN4OS.HI/c1-14-3-4-15(11-17(14)21)12-24-20(22-2)23-8-5-19(26)25-9-6-18-16(13-25)7-10-27-18;/h3-4,7,10-11H,5-6,8-9,12-13H2,1-2H3,(H2,22,23,24);1H. The molecule has 0 saturated carbocycles. The van der Waals surface area contributed by atoms with Gasteiger partial charge in [-0.2, -0.15) is 0 Å². The van der Waals surface area contributed by atoms with Gasteiger partial charge in [-0.15, -0.1) is 35.3 Å². The van der Waals surface area contributed by atoms with E-state index in [1.165, 1.54) is 16.5 Å². The van der Waals surface area contributed by atoms with Gasteiger partial charge < -0.3 is 15.5 Å². The van der Waals surface area contributed by atoms with E-state index in [1.54, 1.807) is 31.4 Å². The number of hydrogen-bond donors (Lipinski definition) is 2. The summed E-state index contributed by atoms with van der Waals surface area (Å²) in [4.78, 5) is 19.9. The van der Waals surface area contributed by atoms with Gasteiger partial charge in [0.2, 0.25) is 5.91 Å². The molecule has 0 unspecified atom stereocenters. The van der Waals surface area contributed by atoms with Crippen LogP contribution in [-0.4, -0.2) is 36.9 Å². The quantitative estimate of drug-likeness (QED) is 0.364. The lowest BCUT2D eigenvalue weighted by Gasteiger charge is -2.27. The van der Waals surface area contributed by atoms with Crippen molar-refractivity contribution in [1.29, 1.82) is 0 Å². The fourth-order valence-corrected chi connectivity index (χ4v) is 3.95. The highest BCUT2D eigenvalue weighted by molar-refractivity contribution is 14.0. The van der Waals surface area contributed by atoms with Gasteiger partial charge in [0.1, 0.15) is 5.82 Å². The summed E-state index contributed by atoms with van der Waals surface area (Å²) >= 11 is 1.77. The number of carbonyl (C=O) groups is 1. The Morgan fingerprint density at radius 2 is 2.14 bits per heavy atom. The number of nitrogens with one attached hydrogen (secondary N) is 2. The maximum atomic E-state index is 13.6. The van der Waals surface area contributed by atoms with Crippen LogP contribution in [0.15, 0.2) is 34.6 Å². The van der Waals surface area contributed by atoms with Gasteiger partial charge in [0, 0.05) is 44.5 Å². The molecule has 152 valence electrons. The van der Waals surface area contributed by atoms with Crippen molar-refractivity contribution in [3.8, 4) is 0 Å². The molecule has 1 amide bonds. The molecule has 0 fully saturated rings. The first kappa shape index (κ1) is 22.6. The Morgan fingerprint density at radius 1 is 1.32 bits per heavy atom. The van der Waals surface area contributed by atoms with Crippen LogP contribution in [0.4, 0.5) is 4.39 Å². The highest BCUT2D eigenvalue weighted by atomic mass is 127. The van der Waals surface area contributed by atoms with E-state index >= 15 is 0 Å². The van der Waals surface area contributed by atoms with Crippen LogP contribution in [-0.2, 0) is 24.3 Å². The summed E-state index contributed by atoms with van der Waals surface area (Å²) in [5, 5.41) is 8.39. The highest BCUT2D eigenvalue weighted by Gasteiger charge is 2.20. The number of hydrogen-bond acceptors (Lipinski definition) is 3. The molecule has 0 aliphatic carbocycles. The van der Waals surface area contributed by atoms with Crippen LogP contribution >= 0.6 is 35.3 Å². The van der Waals surface area contributed by atoms with Crippen molar-refractivity contribution in [2.45, 2.75) is 32.9 Å². The molecule has 0 bridgehead atoms. The Morgan fingerprint density at radius 3 is 2.89 bits per heavy atom. The molecule has 2 aromatic rings. The van der Waals surface area contributed by atoms with Crippen molar-refractivity contribution in [2.24, 2.45) is 4.99 Å². The number of aliphatic imine (C=N–C) groups is 1. The number of fused-ring (bicyclic) bond motifs is 1. The number of aryl methyl sites for hydroxylation is 1. The van der Waals surface area contributed by atoms with Crippen molar-refractivity contribution in [2.75, 3.05) is 20.1 Å². The van der Waals surface area contributed by atoms with Crippen molar-refractivity contribution >= 4 is 47.2 Å². The number of amides is 1. The molecule has 0 radical (unpaired) electrons. The van der Waals surface area contributed by atoms with E-state index in [0.29, 0.717) is 37.6 Å². The number of nitrogens with zero attached hydrogens (tertiary/aromatic N) is 2. The summed E-state index contributed by atoms with van der Waals surface area (Å²) < 4.78 is 13.6. The largest absolute Gasteiger partial charge is 0.356 e. The molecule has 1 aromatic heterocycles. The Hall–Kier alpha value is -1.68. The van der Waals surface area contributed by atoms with Gasteiger partial charge in [-0.1, -0.05) is 12.1 Å². The zero-order chi connectivity index (χ0) is 19.2. The molecule has 1 aliphatic heterocycles. The predicted molar refractivity (Wildman–Crippen MR) is 123 cm³/mol. The average molecular weight is 516 g/mol. The lowest BCUT2D eigenvalue weighted by atomic mass is 10.1. The van der Waals surface area contributed by atoms with Gasteiger partial charge in [-0.05, 0) is 47.5 Å². The minimum absolute atomic E-state index is 0. The molecule has 0 spiro atoms. The Kier molecular flexibility index (Phi) is 8.68. The fourth-order valence-electron chi connectivity index (χ4n) is 3.06. The molecule has 1 aliphatic rings. The fraction of sp³-hybridized carbons (Fsp3) is 0.400. The highest BCUT2D eigenvalue weighted by Crippen LogP contribution is 2.24. The van der Waals surface area contributed by atoms with Crippen molar-refractivity contribution in [3.05, 3.63) is 57.0 Å². The lowest BCUT2D eigenvalue weighted by Crippen LogP contribution is -2.40. The molecule has 0 atom stereocenters.